The predicted molar refractivity (Wildman–Crippen MR) is 92.4 cm³/mol. The summed E-state index contributed by atoms with van der Waals surface area (Å²) in [6.45, 7) is -0.260. The second-order valence-electron chi connectivity index (χ2n) is 6.17. The highest BCUT2D eigenvalue weighted by Gasteiger charge is 2.45. The SMILES string of the molecule is Nc1nc(OCc2ccccc2)c2ncn([C@@H]3O[C@H](CO)[C@@H](O)[C@H]3F)c2n1. The van der Waals surface area contributed by atoms with Crippen LogP contribution in [0, 0.1) is 0 Å². The van der Waals surface area contributed by atoms with E-state index in [0.29, 0.717) is 0 Å². The maximum Gasteiger partial charge on any atom is 0.247 e. The zero-order valence-corrected chi connectivity index (χ0v) is 14.1. The number of fused-ring (bicyclic) bond motifs is 1. The lowest BCUT2D eigenvalue weighted by atomic mass is 10.1. The first-order valence-corrected chi connectivity index (χ1v) is 8.33. The summed E-state index contributed by atoms with van der Waals surface area (Å²) < 4.78 is 26.9. The number of hydrogen-bond donors (Lipinski definition) is 3. The number of benzene rings is 1. The number of imidazole rings is 1. The largest absolute Gasteiger partial charge is 0.471 e. The van der Waals surface area contributed by atoms with Gasteiger partial charge in [-0.1, -0.05) is 30.3 Å². The molecule has 0 amide bonds. The molecule has 1 fully saturated rings. The molecular weight excluding hydrogens is 357 g/mol. The van der Waals surface area contributed by atoms with Gasteiger partial charge in [-0.15, -0.1) is 0 Å². The molecule has 1 aliphatic rings. The van der Waals surface area contributed by atoms with Crippen LogP contribution >= 0.6 is 0 Å². The Morgan fingerprint density at radius 3 is 2.74 bits per heavy atom. The topological polar surface area (TPSA) is 129 Å². The molecule has 3 heterocycles. The van der Waals surface area contributed by atoms with Crippen LogP contribution in [0.1, 0.15) is 11.8 Å². The second kappa shape index (κ2) is 7.06. The minimum atomic E-state index is -1.76. The third-order valence-corrected chi connectivity index (χ3v) is 4.37. The van der Waals surface area contributed by atoms with Crippen LogP contribution in [0.25, 0.3) is 11.2 Å². The molecule has 4 rings (SSSR count). The molecule has 1 aliphatic heterocycles. The lowest BCUT2D eigenvalue weighted by Gasteiger charge is -2.15. The van der Waals surface area contributed by atoms with Crippen LogP contribution in [-0.2, 0) is 11.3 Å². The minimum Gasteiger partial charge on any atom is -0.471 e. The van der Waals surface area contributed by atoms with Gasteiger partial charge in [0, 0.05) is 0 Å². The summed E-state index contributed by atoms with van der Waals surface area (Å²) in [7, 11) is 0. The van der Waals surface area contributed by atoms with E-state index in [2.05, 4.69) is 15.0 Å². The van der Waals surface area contributed by atoms with Gasteiger partial charge < -0.3 is 25.4 Å². The fraction of sp³-hybridized carbons (Fsp3) is 0.353. The molecule has 27 heavy (non-hydrogen) atoms. The number of nitrogen functional groups attached to an aromatic ring is 1. The van der Waals surface area contributed by atoms with Crippen LogP contribution in [0.2, 0.25) is 0 Å². The van der Waals surface area contributed by atoms with Crippen molar-refractivity contribution in [3.05, 3.63) is 42.2 Å². The molecule has 1 saturated heterocycles. The molecule has 0 saturated carbocycles. The van der Waals surface area contributed by atoms with Crippen LogP contribution in [0.3, 0.4) is 0 Å². The number of halogens is 1. The van der Waals surface area contributed by atoms with E-state index in [1.54, 1.807) is 0 Å². The Morgan fingerprint density at radius 2 is 2.04 bits per heavy atom. The van der Waals surface area contributed by atoms with Gasteiger partial charge in [0.05, 0.1) is 12.9 Å². The van der Waals surface area contributed by atoms with Crippen molar-refractivity contribution in [2.45, 2.75) is 31.2 Å². The second-order valence-corrected chi connectivity index (χ2v) is 6.17. The van der Waals surface area contributed by atoms with Gasteiger partial charge in [-0.3, -0.25) is 4.57 Å². The van der Waals surface area contributed by atoms with Gasteiger partial charge in [-0.2, -0.15) is 9.97 Å². The highest BCUT2D eigenvalue weighted by molar-refractivity contribution is 5.77. The zero-order valence-electron chi connectivity index (χ0n) is 14.1. The molecule has 0 radical (unpaired) electrons. The predicted octanol–water partition coefficient (Wildman–Crippen LogP) is 0.576. The number of nitrogens with two attached hydrogens (primary N) is 1. The first-order chi connectivity index (χ1) is 13.1. The molecule has 10 heteroatoms. The number of ether oxygens (including phenoxy) is 2. The summed E-state index contributed by atoms with van der Waals surface area (Å²) >= 11 is 0. The van der Waals surface area contributed by atoms with Gasteiger partial charge in [-0.25, -0.2) is 9.37 Å². The van der Waals surface area contributed by atoms with Crippen molar-refractivity contribution in [1.82, 2.24) is 19.5 Å². The number of aliphatic hydroxyl groups is 2. The van der Waals surface area contributed by atoms with Crippen molar-refractivity contribution in [2.75, 3.05) is 12.3 Å². The van der Waals surface area contributed by atoms with E-state index in [-0.39, 0.29) is 29.6 Å². The molecule has 3 aromatic rings. The highest BCUT2D eigenvalue weighted by atomic mass is 19.1. The van der Waals surface area contributed by atoms with Crippen LogP contribution in [-0.4, -0.2) is 54.7 Å². The van der Waals surface area contributed by atoms with E-state index in [0.717, 1.165) is 5.56 Å². The van der Waals surface area contributed by atoms with Crippen molar-refractivity contribution in [3.63, 3.8) is 0 Å². The highest BCUT2D eigenvalue weighted by Crippen LogP contribution is 2.34. The summed E-state index contributed by atoms with van der Waals surface area (Å²) in [6, 6.07) is 9.47. The van der Waals surface area contributed by atoms with Crippen molar-refractivity contribution in [3.8, 4) is 5.88 Å². The maximum atomic E-state index is 14.4. The Labute approximate surface area is 153 Å². The minimum absolute atomic E-state index is 0.0695. The van der Waals surface area contributed by atoms with E-state index in [9.17, 15) is 14.6 Å². The van der Waals surface area contributed by atoms with Crippen molar-refractivity contribution >= 4 is 17.1 Å². The van der Waals surface area contributed by atoms with Gasteiger partial charge >= 0.3 is 0 Å². The van der Waals surface area contributed by atoms with E-state index < -0.39 is 31.2 Å². The van der Waals surface area contributed by atoms with E-state index in [1.165, 1.54) is 10.9 Å². The molecule has 0 bridgehead atoms. The van der Waals surface area contributed by atoms with Crippen LogP contribution < -0.4 is 10.5 Å². The Balaban J connectivity index is 1.66. The summed E-state index contributed by atoms with van der Waals surface area (Å²) in [4.78, 5) is 12.4. The monoisotopic (exact) mass is 375 g/mol. The van der Waals surface area contributed by atoms with Crippen LogP contribution in [0.4, 0.5) is 10.3 Å². The molecule has 0 aliphatic carbocycles. The number of anilines is 1. The smallest absolute Gasteiger partial charge is 0.247 e. The Hall–Kier alpha value is -2.82. The molecular formula is C17H18FN5O4. The molecule has 4 N–H and O–H groups in total. The molecule has 2 aromatic heterocycles. The van der Waals surface area contributed by atoms with Crippen LogP contribution in [0.15, 0.2) is 36.7 Å². The Kier molecular flexibility index (Phi) is 4.60. The lowest BCUT2D eigenvalue weighted by molar-refractivity contribution is -0.0459. The van der Waals surface area contributed by atoms with Crippen molar-refractivity contribution in [1.29, 1.82) is 0 Å². The number of alkyl halides is 1. The molecule has 4 atom stereocenters. The molecule has 142 valence electrons. The van der Waals surface area contributed by atoms with Gasteiger partial charge in [0.15, 0.2) is 23.6 Å². The molecule has 0 spiro atoms. The Bertz CT molecular complexity index is 938. The summed E-state index contributed by atoms with van der Waals surface area (Å²) in [5.41, 5.74) is 7.20. The van der Waals surface area contributed by atoms with Gasteiger partial charge in [0.2, 0.25) is 11.8 Å². The zero-order chi connectivity index (χ0) is 19.0. The fourth-order valence-electron chi connectivity index (χ4n) is 3.00. The van der Waals surface area contributed by atoms with E-state index in [4.69, 9.17) is 15.2 Å². The van der Waals surface area contributed by atoms with Gasteiger partial charge in [-0.05, 0) is 5.56 Å². The molecule has 1 aromatic carbocycles. The standard InChI is InChI=1S/C17H18FN5O4/c18-11-13(25)10(6-24)27-16(11)23-8-20-12-14(23)21-17(19)22-15(12)26-7-9-4-2-1-3-5-9/h1-5,8,10-11,13,16,24-25H,6-7H2,(H2,19,21,22)/t10-,11-,13-,16-/m1/s1. The normalized spacial score (nSPS) is 25.1. The average Bonchev–Trinajstić information content (AvgIpc) is 3.22. The number of hydrogen-bond acceptors (Lipinski definition) is 8. The quantitative estimate of drug-likeness (QED) is 0.591. The van der Waals surface area contributed by atoms with Crippen molar-refractivity contribution in [2.24, 2.45) is 0 Å². The third-order valence-electron chi connectivity index (χ3n) is 4.37. The van der Waals surface area contributed by atoms with Gasteiger partial charge in [0.25, 0.3) is 0 Å². The number of aromatic nitrogens is 4. The number of aliphatic hydroxyl groups excluding tert-OH is 2. The summed E-state index contributed by atoms with van der Waals surface area (Å²) in [6.07, 6.45) is -4.12. The average molecular weight is 375 g/mol. The molecule has 9 nitrogen and oxygen atoms in total. The molecule has 0 unspecified atom stereocenters. The van der Waals surface area contributed by atoms with Crippen LogP contribution in [0.5, 0.6) is 5.88 Å². The summed E-state index contributed by atoms with van der Waals surface area (Å²) in [5, 5.41) is 19.0. The Morgan fingerprint density at radius 1 is 1.26 bits per heavy atom. The van der Waals surface area contributed by atoms with Gasteiger partial charge in [0.1, 0.15) is 18.8 Å². The van der Waals surface area contributed by atoms with E-state index >= 15 is 0 Å². The maximum absolute atomic E-state index is 14.4. The number of nitrogens with zero attached hydrogens (tertiary/aromatic N) is 4. The first kappa shape index (κ1) is 17.6. The van der Waals surface area contributed by atoms with E-state index in [1.807, 2.05) is 30.3 Å². The summed E-state index contributed by atoms with van der Waals surface area (Å²) in [5.74, 6) is 0.0905. The fourth-order valence-corrected chi connectivity index (χ4v) is 3.00. The lowest BCUT2D eigenvalue weighted by Crippen LogP contribution is -2.30. The third kappa shape index (κ3) is 3.18. The van der Waals surface area contributed by atoms with Crippen molar-refractivity contribution < 1.29 is 24.1 Å². The first-order valence-electron chi connectivity index (χ1n) is 8.33. The number of rotatable bonds is 5.